The van der Waals surface area contributed by atoms with Crippen molar-refractivity contribution in [2.24, 2.45) is 0 Å². The standard InChI is InChI=1S/C14H19FN2O5S/c1-14(2,3)17-12(18)8-22-13(19)10-7-9(5-6-11(10)15)23(20,21)16-4/h5-7,16H,8H2,1-4H3,(H,17,18). The molecule has 0 saturated carbocycles. The largest absolute Gasteiger partial charge is 0.452 e. The van der Waals surface area contributed by atoms with Gasteiger partial charge >= 0.3 is 5.97 Å². The van der Waals surface area contributed by atoms with Crippen molar-refractivity contribution in [1.29, 1.82) is 0 Å². The van der Waals surface area contributed by atoms with Crippen molar-refractivity contribution in [3.63, 3.8) is 0 Å². The monoisotopic (exact) mass is 346 g/mol. The van der Waals surface area contributed by atoms with Crippen LogP contribution in [0.15, 0.2) is 23.1 Å². The number of carbonyl (C=O) groups is 2. The average Bonchev–Trinajstić information content (AvgIpc) is 2.43. The number of carbonyl (C=O) groups excluding carboxylic acids is 2. The molecule has 0 bridgehead atoms. The van der Waals surface area contributed by atoms with Gasteiger partial charge in [0.1, 0.15) is 5.82 Å². The zero-order chi connectivity index (χ0) is 17.8. The van der Waals surface area contributed by atoms with Gasteiger partial charge in [-0.25, -0.2) is 22.3 Å². The molecule has 0 aliphatic carbocycles. The molecule has 0 heterocycles. The number of ether oxygens (including phenoxy) is 1. The summed E-state index contributed by atoms with van der Waals surface area (Å²) < 4.78 is 43.8. The molecule has 0 fully saturated rings. The zero-order valence-corrected chi connectivity index (χ0v) is 14.1. The Morgan fingerprint density at radius 3 is 2.39 bits per heavy atom. The molecule has 0 radical (unpaired) electrons. The number of halogens is 1. The van der Waals surface area contributed by atoms with Crippen LogP contribution in [0.1, 0.15) is 31.1 Å². The molecule has 2 N–H and O–H groups in total. The zero-order valence-electron chi connectivity index (χ0n) is 13.3. The third-order valence-electron chi connectivity index (χ3n) is 2.59. The van der Waals surface area contributed by atoms with Gasteiger partial charge in [0.05, 0.1) is 10.5 Å². The van der Waals surface area contributed by atoms with E-state index in [0.29, 0.717) is 0 Å². The molecule has 7 nitrogen and oxygen atoms in total. The summed E-state index contributed by atoms with van der Waals surface area (Å²) in [7, 11) is -2.64. The molecule has 0 atom stereocenters. The number of rotatable bonds is 5. The fourth-order valence-electron chi connectivity index (χ4n) is 1.61. The third kappa shape index (κ3) is 5.61. The van der Waals surface area contributed by atoms with Crippen LogP contribution in [0, 0.1) is 5.82 Å². The first-order chi connectivity index (χ1) is 10.5. The molecular formula is C14H19FN2O5S. The molecule has 23 heavy (non-hydrogen) atoms. The van der Waals surface area contributed by atoms with Crippen LogP contribution in [-0.2, 0) is 19.6 Å². The van der Waals surface area contributed by atoms with E-state index in [1.54, 1.807) is 20.8 Å². The smallest absolute Gasteiger partial charge is 0.341 e. The van der Waals surface area contributed by atoms with Crippen LogP contribution in [0.2, 0.25) is 0 Å². The molecule has 1 aromatic carbocycles. The molecule has 0 saturated heterocycles. The highest BCUT2D eigenvalue weighted by atomic mass is 32.2. The van der Waals surface area contributed by atoms with Crippen LogP contribution in [-0.4, -0.2) is 39.5 Å². The Balaban J connectivity index is 2.88. The molecule has 0 aromatic heterocycles. The van der Waals surface area contributed by atoms with E-state index in [1.165, 1.54) is 7.05 Å². The lowest BCUT2D eigenvalue weighted by molar-refractivity contribution is -0.125. The van der Waals surface area contributed by atoms with Gasteiger partial charge in [-0.2, -0.15) is 0 Å². The second kappa shape index (κ2) is 7.05. The lowest BCUT2D eigenvalue weighted by atomic mass is 10.1. The van der Waals surface area contributed by atoms with Gasteiger partial charge in [-0.3, -0.25) is 4.79 Å². The second-order valence-corrected chi connectivity index (χ2v) is 7.61. The second-order valence-electron chi connectivity index (χ2n) is 5.72. The van der Waals surface area contributed by atoms with Crippen molar-refractivity contribution in [3.05, 3.63) is 29.6 Å². The number of hydrogen-bond donors (Lipinski definition) is 2. The SMILES string of the molecule is CNS(=O)(=O)c1ccc(F)c(C(=O)OCC(=O)NC(C)(C)C)c1. The predicted molar refractivity (Wildman–Crippen MR) is 80.8 cm³/mol. The lowest BCUT2D eigenvalue weighted by Gasteiger charge is -2.20. The summed E-state index contributed by atoms with van der Waals surface area (Å²) in [4.78, 5) is 23.1. The van der Waals surface area contributed by atoms with E-state index in [0.717, 1.165) is 18.2 Å². The van der Waals surface area contributed by atoms with E-state index < -0.39 is 45.4 Å². The maximum atomic E-state index is 13.7. The normalized spacial score (nSPS) is 11.9. The summed E-state index contributed by atoms with van der Waals surface area (Å²) in [5.74, 6) is -2.62. The van der Waals surface area contributed by atoms with Crippen LogP contribution in [0.5, 0.6) is 0 Å². The maximum absolute atomic E-state index is 13.7. The van der Waals surface area contributed by atoms with E-state index in [4.69, 9.17) is 4.74 Å². The van der Waals surface area contributed by atoms with E-state index in [-0.39, 0.29) is 4.90 Å². The van der Waals surface area contributed by atoms with Crippen LogP contribution in [0.4, 0.5) is 4.39 Å². The van der Waals surface area contributed by atoms with Crippen molar-refractivity contribution in [3.8, 4) is 0 Å². The van der Waals surface area contributed by atoms with E-state index in [1.807, 2.05) is 0 Å². The summed E-state index contributed by atoms with van der Waals surface area (Å²) in [6, 6.07) is 2.71. The van der Waals surface area contributed by atoms with Gasteiger partial charge in [0, 0.05) is 5.54 Å². The van der Waals surface area contributed by atoms with Gasteiger partial charge < -0.3 is 10.1 Å². The summed E-state index contributed by atoms with van der Waals surface area (Å²) in [6.45, 7) is 4.65. The van der Waals surface area contributed by atoms with Crippen LogP contribution < -0.4 is 10.0 Å². The van der Waals surface area contributed by atoms with Gasteiger partial charge in [-0.15, -0.1) is 0 Å². The highest BCUT2D eigenvalue weighted by Gasteiger charge is 2.21. The van der Waals surface area contributed by atoms with Gasteiger partial charge in [-0.05, 0) is 46.0 Å². The topological polar surface area (TPSA) is 102 Å². The molecule has 1 amide bonds. The van der Waals surface area contributed by atoms with Crippen LogP contribution in [0.25, 0.3) is 0 Å². The maximum Gasteiger partial charge on any atom is 0.341 e. The van der Waals surface area contributed by atoms with Gasteiger partial charge in [0.15, 0.2) is 6.61 Å². The Labute approximate surface area is 134 Å². The predicted octanol–water partition coefficient (Wildman–Crippen LogP) is 0.805. The number of hydrogen-bond acceptors (Lipinski definition) is 5. The molecule has 1 rings (SSSR count). The molecule has 0 aliphatic heterocycles. The highest BCUT2D eigenvalue weighted by molar-refractivity contribution is 7.89. The Bertz CT molecular complexity index is 710. The van der Waals surface area contributed by atoms with E-state index in [2.05, 4.69) is 10.0 Å². The average molecular weight is 346 g/mol. The van der Waals surface area contributed by atoms with Crippen molar-refractivity contribution >= 4 is 21.9 Å². The van der Waals surface area contributed by atoms with Crippen molar-refractivity contribution in [2.45, 2.75) is 31.2 Å². The minimum absolute atomic E-state index is 0.285. The number of amides is 1. The van der Waals surface area contributed by atoms with Crippen LogP contribution >= 0.6 is 0 Å². The minimum atomic E-state index is -3.83. The van der Waals surface area contributed by atoms with E-state index >= 15 is 0 Å². The van der Waals surface area contributed by atoms with Crippen molar-refractivity contribution < 1.29 is 27.1 Å². The first kappa shape index (κ1) is 19.0. The molecule has 1 aromatic rings. The van der Waals surface area contributed by atoms with E-state index in [9.17, 15) is 22.4 Å². The molecule has 9 heteroatoms. The third-order valence-corrected chi connectivity index (χ3v) is 4.00. The fourth-order valence-corrected chi connectivity index (χ4v) is 2.36. The number of benzene rings is 1. The summed E-state index contributed by atoms with van der Waals surface area (Å²) in [5.41, 5.74) is -1.07. The Morgan fingerprint density at radius 2 is 1.87 bits per heavy atom. The number of nitrogens with one attached hydrogen (secondary N) is 2. The van der Waals surface area contributed by atoms with Gasteiger partial charge in [-0.1, -0.05) is 0 Å². The molecule has 0 aliphatic rings. The minimum Gasteiger partial charge on any atom is -0.452 e. The van der Waals surface area contributed by atoms with Crippen LogP contribution in [0.3, 0.4) is 0 Å². The van der Waals surface area contributed by atoms with Gasteiger partial charge in [0.2, 0.25) is 10.0 Å². The number of sulfonamides is 1. The summed E-state index contributed by atoms with van der Waals surface area (Å²) >= 11 is 0. The Morgan fingerprint density at radius 1 is 1.26 bits per heavy atom. The lowest BCUT2D eigenvalue weighted by Crippen LogP contribution is -2.42. The first-order valence-corrected chi connectivity index (χ1v) is 8.16. The molecular weight excluding hydrogens is 327 g/mol. The molecule has 0 spiro atoms. The number of esters is 1. The van der Waals surface area contributed by atoms with Crippen molar-refractivity contribution in [2.75, 3.05) is 13.7 Å². The first-order valence-electron chi connectivity index (χ1n) is 6.67. The highest BCUT2D eigenvalue weighted by Crippen LogP contribution is 2.16. The quantitative estimate of drug-likeness (QED) is 0.768. The fraction of sp³-hybridized carbons (Fsp3) is 0.429. The van der Waals surface area contributed by atoms with Gasteiger partial charge in [0.25, 0.3) is 5.91 Å². The Kier molecular flexibility index (Phi) is 5.84. The summed E-state index contributed by atoms with van der Waals surface area (Å²) in [5, 5.41) is 2.57. The Hall–Kier alpha value is -2.00. The molecule has 128 valence electrons. The van der Waals surface area contributed by atoms with Crippen molar-refractivity contribution in [1.82, 2.24) is 10.0 Å². The summed E-state index contributed by atoms with van der Waals surface area (Å²) in [6.07, 6.45) is 0. The molecule has 0 unspecified atom stereocenters.